The topological polar surface area (TPSA) is 51.0 Å². The molecule has 0 N–H and O–H groups in total. The molecular weight excluding hydrogens is 380 g/mol. The lowest BCUT2D eigenvalue weighted by molar-refractivity contribution is -0.118. The molecule has 0 radical (unpaired) electrons. The Hall–Kier alpha value is -1.53. The zero-order chi connectivity index (χ0) is 19.4. The average molecular weight is 407 g/mol. The van der Waals surface area contributed by atoms with Crippen LogP contribution in [-0.4, -0.2) is 38.7 Å². The van der Waals surface area contributed by atoms with Gasteiger partial charge in [0, 0.05) is 24.4 Å². The quantitative estimate of drug-likeness (QED) is 0.598. The Labute approximate surface area is 170 Å². The van der Waals surface area contributed by atoms with Crippen LogP contribution in [0, 0.1) is 11.8 Å². The summed E-state index contributed by atoms with van der Waals surface area (Å²) in [5.74, 6) is 1.28. The Kier molecular flexibility index (Phi) is 6.82. The van der Waals surface area contributed by atoms with E-state index in [4.69, 9.17) is 11.6 Å². The first-order valence-corrected chi connectivity index (χ1v) is 11.1. The molecule has 3 rings (SSSR count). The molecule has 2 aromatic heterocycles. The lowest BCUT2D eigenvalue weighted by Crippen LogP contribution is -2.35. The van der Waals surface area contributed by atoms with Crippen LogP contribution < -0.4 is 4.90 Å². The van der Waals surface area contributed by atoms with Gasteiger partial charge in [-0.3, -0.25) is 9.78 Å². The van der Waals surface area contributed by atoms with Crippen molar-refractivity contribution in [3.05, 3.63) is 35.9 Å². The van der Waals surface area contributed by atoms with Gasteiger partial charge in [0.1, 0.15) is 5.69 Å². The number of rotatable bonds is 9. The summed E-state index contributed by atoms with van der Waals surface area (Å²) in [6.45, 7) is 5.12. The lowest BCUT2D eigenvalue weighted by Gasteiger charge is -2.24. The molecule has 0 spiro atoms. The Bertz CT molecular complexity index is 761. The summed E-state index contributed by atoms with van der Waals surface area (Å²) in [5.41, 5.74) is 1.52. The summed E-state index contributed by atoms with van der Waals surface area (Å²) in [4.78, 5) is 19.1. The van der Waals surface area contributed by atoms with Gasteiger partial charge in [0.2, 0.25) is 5.91 Å². The number of aromatic nitrogens is 3. The predicted octanol–water partition coefficient (Wildman–Crippen LogP) is 4.83. The number of hydrogen-bond donors (Lipinski definition) is 0. The number of carbonyl (C=O) groups excluding carboxylic acids is 1. The van der Waals surface area contributed by atoms with Crippen LogP contribution in [0.25, 0.3) is 5.69 Å². The van der Waals surface area contributed by atoms with Crippen LogP contribution in [0.15, 0.2) is 30.7 Å². The molecule has 146 valence electrons. The molecule has 1 fully saturated rings. The minimum atomic E-state index is 0.134. The number of nitrogens with zero attached hydrogens (tertiary/aromatic N) is 4. The van der Waals surface area contributed by atoms with E-state index in [2.05, 4.69) is 30.2 Å². The molecule has 1 saturated carbocycles. The molecule has 5 nitrogen and oxygen atoms in total. The Morgan fingerprint density at radius 3 is 2.81 bits per heavy atom. The van der Waals surface area contributed by atoms with E-state index in [-0.39, 0.29) is 5.91 Å². The zero-order valence-electron chi connectivity index (χ0n) is 16.1. The highest BCUT2D eigenvalue weighted by Crippen LogP contribution is 2.35. The molecule has 0 saturated heterocycles. The van der Waals surface area contributed by atoms with Gasteiger partial charge < -0.3 is 4.90 Å². The number of carbonyl (C=O) groups is 1. The van der Waals surface area contributed by atoms with Crippen molar-refractivity contribution in [2.45, 2.75) is 44.8 Å². The summed E-state index contributed by atoms with van der Waals surface area (Å²) in [6.07, 6.45) is 11.3. The fourth-order valence-electron chi connectivity index (χ4n) is 3.13. The van der Waals surface area contributed by atoms with Crippen LogP contribution in [0.1, 0.15) is 39.5 Å². The lowest BCUT2D eigenvalue weighted by atomic mass is 10.1. The summed E-state index contributed by atoms with van der Waals surface area (Å²) in [5, 5.41) is 5.09. The summed E-state index contributed by atoms with van der Waals surface area (Å²) >= 11 is 8.21. The third-order valence-corrected chi connectivity index (χ3v) is 6.06. The minimum absolute atomic E-state index is 0.134. The second-order valence-corrected chi connectivity index (χ2v) is 9.10. The molecule has 1 unspecified atom stereocenters. The van der Waals surface area contributed by atoms with Crippen LogP contribution in [0.5, 0.6) is 0 Å². The molecule has 0 aromatic carbocycles. The fourth-order valence-corrected chi connectivity index (χ4v) is 4.25. The third-order valence-electron chi connectivity index (χ3n) is 4.76. The van der Waals surface area contributed by atoms with Gasteiger partial charge in [-0.05, 0) is 49.5 Å². The van der Waals surface area contributed by atoms with Crippen LogP contribution in [0.4, 0.5) is 5.69 Å². The van der Waals surface area contributed by atoms with E-state index in [0.29, 0.717) is 34.3 Å². The highest BCUT2D eigenvalue weighted by molar-refractivity contribution is 7.99. The zero-order valence-corrected chi connectivity index (χ0v) is 17.7. The second kappa shape index (κ2) is 9.11. The number of hydrogen-bond acceptors (Lipinski definition) is 4. The van der Waals surface area contributed by atoms with Gasteiger partial charge in [-0.15, -0.1) is 0 Å². The fraction of sp³-hybridized carbons (Fsp3) is 0.550. The van der Waals surface area contributed by atoms with Crippen LogP contribution in [-0.2, 0) is 4.79 Å². The van der Waals surface area contributed by atoms with Crippen molar-refractivity contribution in [1.82, 2.24) is 14.8 Å². The molecule has 0 bridgehead atoms. The van der Waals surface area contributed by atoms with E-state index in [0.717, 1.165) is 18.7 Å². The van der Waals surface area contributed by atoms with Crippen molar-refractivity contribution in [2.75, 3.05) is 17.7 Å². The molecule has 27 heavy (non-hydrogen) atoms. The van der Waals surface area contributed by atoms with Crippen molar-refractivity contribution in [3.63, 3.8) is 0 Å². The molecule has 2 heterocycles. The number of halogens is 1. The van der Waals surface area contributed by atoms with Crippen molar-refractivity contribution in [3.8, 4) is 5.69 Å². The smallest absolute Gasteiger partial charge is 0.228 e. The van der Waals surface area contributed by atoms with E-state index in [1.165, 1.54) is 12.8 Å². The standard InChI is InChI=1S/C20H27ClN4OS/c1-14(2)9-17(27-3)10-19(26)24(12-15-6-7-15)18-13-25(23-20(18)21)16-5-4-8-22-11-16/h4-5,8,11,13-15,17H,6-7,9-10,12H2,1-3H3. The maximum Gasteiger partial charge on any atom is 0.228 e. The van der Waals surface area contributed by atoms with E-state index < -0.39 is 0 Å². The van der Waals surface area contributed by atoms with Crippen LogP contribution in [0.2, 0.25) is 5.15 Å². The van der Waals surface area contributed by atoms with E-state index in [1.54, 1.807) is 28.8 Å². The van der Waals surface area contributed by atoms with Gasteiger partial charge in [0.25, 0.3) is 0 Å². The molecule has 1 amide bonds. The SMILES string of the molecule is CSC(CC(=O)N(CC1CC1)c1cn(-c2cccnc2)nc1Cl)CC(C)C. The Balaban J connectivity index is 1.82. The molecular formula is C20H27ClN4OS. The third kappa shape index (κ3) is 5.48. The molecule has 1 atom stereocenters. The number of thioether (sulfide) groups is 1. The minimum Gasteiger partial charge on any atom is -0.308 e. The highest BCUT2D eigenvalue weighted by Gasteiger charge is 2.31. The van der Waals surface area contributed by atoms with Gasteiger partial charge in [-0.25, -0.2) is 4.68 Å². The predicted molar refractivity (Wildman–Crippen MR) is 113 cm³/mol. The van der Waals surface area contributed by atoms with Crippen molar-refractivity contribution >= 4 is 35.0 Å². The number of pyridine rings is 1. The molecule has 1 aliphatic rings. The first kappa shape index (κ1) is 20.2. The summed E-state index contributed by atoms with van der Waals surface area (Å²) in [6, 6.07) is 3.77. The van der Waals surface area contributed by atoms with Gasteiger partial charge in [-0.2, -0.15) is 16.9 Å². The van der Waals surface area contributed by atoms with Crippen LogP contribution >= 0.6 is 23.4 Å². The van der Waals surface area contributed by atoms with Crippen LogP contribution in [0.3, 0.4) is 0 Å². The van der Waals surface area contributed by atoms with Gasteiger partial charge >= 0.3 is 0 Å². The molecule has 0 aliphatic heterocycles. The maximum atomic E-state index is 13.2. The average Bonchev–Trinajstić information content (AvgIpc) is 3.39. The number of anilines is 1. The van der Waals surface area contributed by atoms with E-state index in [1.807, 2.05) is 23.2 Å². The molecule has 7 heteroatoms. The summed E-state index contributed by atoms with van der Waals surface area (Å²) < 4.78 is 1.69. The highest BCUT2D eigenvalue weighted by atomic mass is 35.5. The second-order valence-electron chi connectivity index (χ2n) is 7.60. The maximum absolute atomic E-state index is 13.2. The monoisotopic (exact) mass is 406 g/mol. The van der Waals surface area contributed by atoms with Gasteiger partial charge in [-0.1, -0.05) is 25.4 Å². The Morgan fingerprint density at radius 1 is 1.44 bits per heavy atom. The van der Waals surface area contributed by atoms with Crippen molar-refractivity contribution in [2.24, 2.45) is 11.8 Å². The summed E-state index contributed by atoms with van der Waals surface area (Å²) in [7, 11) is 0. The normalized spacial score (nSPS) is 15.1. The first-order valence-electron chi connectivity index (χ1n) is 9.46. The van der Waals surface area contributed by atoms with E-state index in [9.17, 15) is 4.79 Å². The number of amides is 1. The first-order chi connectivity index (χ1) is 13.0. The molecule has 1 aliphatic carbocycles. The van der Waals surface area contributed by atoms with Crippen molar-refractivity contribution < 1.29 is 4.79 Å². The molecule has 2 aromatic rings. The van der Waals surface area contributed by atoms with E-state index >= 15 is 0 Å². The largest absolute Gasteiger partial charge is 0.308 e. The Morgan fingerprint density at radius 2 is 2.22 bits per heavy atom. The van der Waals surface area contributed by atoms with Crippen molar-refractivity contribution in [1.29, 1.82) is 0 Å². The van der Waals surface area contributed by atoms with Gasteiger partial charge in [0.05, 0.1) is 18.1 Å². The van der Waals surface area contributed by atoms with Gasteiger partial charge in [0.15, 0.2) is 5.15 Å².